The first-order chi connectivity index (χ1) is 20.5. The first-order valence-electron chi connectivity index (χ1n) is 13.3. The lowest BCUT2D eigenvalue weighted by atomic mass is 10.1. The highest BCUT2D eigenvalue weighted by atomic mass is 16.2. The molecule has 0 saturated carbocycles. The summed E-state index contributed by atoms with van der Waals surface area (Å²) in [5.74, 6) is -1.84. The fourth-order valence-corrected chi connectivity index (χ4v) is 4.81. The maximum atomic E-state index is 12.1. The third-order valence-electron chi connectivity index (χ3n) is 7.05. The second-order valence-electron chi connectivity index (χ2n) is 9.72. The zero-order valence-corrected chi connectivity index (χ0v) is 23.0. The average molecular weight is 557 g/mol. The van der Waals surface area contributed by atoms with E-state index in [0.717, 1.165) is 44.9 Å². The van der Waals surface area contributed by atoms with Gasteiger partial charge in [0.15, 0.2) is 11.4 Å². The number of amides is 2. The van der Waals surface area contributed by atoms with Crippen molar-refractivity contribution in [1.29, 1.82) is 0 Å². The Morgan fingerprint density at radius 2 is 1.02 bits per heavy atom. The lowest BCUT2D eigenvalue weighted by Gasteiger charge is -2.00. The molecule has 206 valence electrons. The van der Waals surface area contributed by atoms with Gasteiger partial charge in [-0.05, 0) is 47.5 Å². The summed E-state index contributed by atoms with van der Waals surface area (Å²) in [4.78, 5) is 24.2. The highest BCUT2D eigenvalue weighted by molar-refractivity contribution is 6.35. The van der Waals surface area contributed by atoms with Crippen LogP contribution in [0, 0.1) is 0 Å². The largest absolute Gasteiger partial charge is 0.331 e. The van der Waals surface area contributed by atoms with E-state index in [-0.39, 0.29) is 0 Å². The van der Waals surface area contributed by atoms with E-state index >= 15 is 0 Å². The Balaban J connectivity index is 1.01. The monoisotopic (exact) mass is 556 g/mol. The highest BCUT2D eigenvalue weighted by Crippen LogP contribution is 2.19. The summed E-state index contributed by atoms with van der Waals surface area (Å²) in [7, 11) is 4.04. The molecule has 0 atom stereocenters. The van der Waals surface area contributed by atoms with E-state index in [4.69, 9.17) is 0 Å². The minimum absolute atomic E-state index is 0.773. The van der Waals surface area contributed by atoms with Gasteiger partial charge in [0.2, 0.25) is 0 Å². The molecule has 0 saturated heterocycles. The maximum absolute atomic E-state index is 12.1. The fourth-order valence-electron chi connectivity index (χ4n) is 4.81. The molecule has 10 heteroatoms. The topological polar surface area (TPSA) is 99.5 Å². The maximum Gasteiger partial charge on any atom is 0.331 e. The quantitative estimate of drug-likeness (QED) is 0.143. The molecular weight excluding hydrogens is 528 g/mol. The third kappa shape index (κ3) is 5.28. The van der Waals surface area contributed by atoms with Gasteiger partial charge >= 0.3 is 11.8 Å². The lowest BCUT2D eigenvalue weighted by molar-refractivity contribution is -0.633. The summed E-state index contributed by atoms with van der Waals surface area (Å²) in [5.41, 5.74) is 12.4. The summed E-state index contributed by atoms with van der Waals surface area (Å²) < 4.78 is 8.37. The van der Waals surface area contributed by atoms with Crippen molar-refractivity contribution < 1.29 is 18.7 Å². The van der Waals surface area contributed by atoms with Crippen LogP contribution in [-0.2, 0) is 23.7 Å². The van der Waals surface area contributed by atoms with E-state index in [0.29, 0.717) is 0 Å². The Bertz CT molecular complexity index is 1840. The zero-order chi connectivity index (χ0) is 29.1. The van der Waals surface area contributed by atoms with Gasteiger partial charge < -0.3 is 0 Å². The van der Waals surface area contributed by atoms with Gasteiger partial charge in [-0.25, -0.2) is 28.8 Å². The molecule has 42 heavy (non-hydrogen) atoms. The fraction of sp³-hybridized carbons (Fsp3) is 0.0625. The van der Waals surface area contributed by atoms with Gasteiger partial charge in [0.05, 0.1) is 38.9 Å². The van der Waals surface area contributed by atoms with Crippen molar-refractivity contribution in [2.45, 2.75) is 0 Å². The van der Waals surface area contributed by atoms with Crippen LogP contribution in [0.25, 0.3) is 33.8 Å². The Labute approximate surface area is 241 Å². The number of pyridine rings is 2. The molecule has 0 aliphatic carbocycles. The number of nitrogens with zero attached hydrogens (tertiary/aromatic N) is 6. The number of carbonyl (C=O) groups is 2. The molecule has 10 nitrogen and oxygen atoms in total. The summed E-state index contributed by atoms with van der Waals surface area (Å²) in [5, 5.41) is 7.79. The standard InChI is InChI=1S/C32H26N8O2/c1-37-27(21-39-17-5-3-7-29(37)39)25-13-9-23(10-14-25)19-33-35-31(41)32(42)36-34-20-24-11-15-26(16-12-24)28-22-40-18-6-4-8-30(40)38(28)2/h3-22H,1-2H3/p+2/b33-19+,34-20+. The predicted octanol–water partition coefficient (Wildman–Crippen LogP) is 2.78. The molecule has 2 amide bonds. The first kappa shape index (κ1) is 26.3. The molecule has 2 aromatic carbocycles. The van der Waals surface area contributed by atoms with Crippen molar-refractivity contribution in [3.63, 3.8) is 0 Å². The smallest absolute Gasteiger partial charge is 0.262 e. The minimum Gasteiger partial charge on any atom is -0.262 e. The number of fused-ring (bicyclic) bond motifs is 2. The van der Waals surface area contributed by atoms with Crippen LogP contribution in [0.15, 0.2) is 120 Å². The van der Waals surface area contributed by atoms with Crippen LogP contribution in [0.5, 0.6) is 0 Å². The number of aromatic nitrogens is 4. The highest BCUT2D eigenvalue weighted by Gasteiger charge is 2.16. The van der Waals surface area contributed by atoms with Crippen LogP contribution in [0.1, 0.15) is 11.1 Å². The van der Waals surface area contributed by atoms with E-state index < -0.39 is 11.8 Å². The van der Waals surface area contributed by atoms with E-state index in [2.05, 4.69) is 63.5 Å². The molecule has 2 N–H and O–H groups in total. The normalized spacial score (nSPS) is 11.6. The number of carbonyl (C=O) groups excluding carboxylic acids is 2. The van der Waals surface area contributed by atoms with E-state index in [1.54, 1.807) is 0 Å². The predicted molar refractivity (Wildman–Crippen MR) is 159 cm³/mol. The lowest BCUT2D eigenvalue weighted by Crippen LogP contribution is -2.35. The van der Waals surface area contributed by atoms with E-state index in [1.807, 2.05) is 99.3 Å². The molecule has 6 rings (SSSR count). The molecule has 0 aliphatic rings. The Morgan fingerprint density at radius 3 is 1.40 bits per heavy atom. The van der Waals surface area contributed by atoms with Gasteiger partial charge in [0.1, 0.15) is 12.4 Å². The molecule has 0 spiro atoms. The molecule has 4 heterocycles. The van der Waals surface area contributed by atoms with Crippen molar-refractivity contribution in [1.82, 2.24) is 19.7 Å². The van der Waals surface area contributed by atoms with Crippen molar-refractivity contribution in [2.24, 2.45) is 24.3 Å². The third-order valence-corrected chi connectivity index (χ3v) is 7.05. The number of nitrogens with one attached hydrogen (secondary N) is 2. The number of hydrogen-bond acceptors (Lipinski definition) is 4. The van der Waals surface area contributed by atoms with Crippen molar-refractivity contribution in [3.05, 3.63) is 121 Å². The Hall–Kier alpha value is -5.90. The second kappa shape index (κ2) is 11.3. The number of hydrazone groups is 2. The molecule has 0 radical (unpaired) electrons. The minimum atomic E-state index is -0.920. The average Bonchev–Trinajstić information content (AvgIpc) is 3.54. The van der Waals surface area contributed by atoms with Gasteiger partial charge in [0, 0.05) is 23.3 Å². The van der Waals surface area contributed by atoms with Crippen LogP contribution < -0.4 is 20.0 Å². The molecule has 6 aromatic rings. The van der Waals surface area contributed by atoms with Crippen LogP contribution in [0.3, 0.4) is 0 Å². The van der Waals surface area contributed by atoms with Crippen LogP contribution >= 0.6 is 0 Å². The van der Waals surface area contributed by atoms with Gasteiger partial charge in [-0.2, -0.15) is 10.2 Å². The molecule has 4 aromatic heterocycles. The molecule has 0 aliphatic heterocycles. The number of benzene rings is 2. The van der Waals surface area contributed by atoms with Gasteiger partial charge in [-0.15, -0.1) is 0 Å². The first-order valence-corrected chi connectivity index (χ1v) is 13.3. The molecule has 0 bridgehead atoms. The van der Waals surface area contributed by atoms with Gasteiger partial charge in [-0.3, -0.25) is 9.59 Å². The van der Waals surface area contributed by atoms with Crippen molar-refractivity contribution in [3.8, 4) is 22.5 Å². The number of hydrogen-bond donors (Lipinski definition) is 2. The summed E-state index contributed by atoms with van der Waals surface area (Å²) in [6, 6.07) is 27.6. The Morgan fingerprint density at radius 1 is 0.619 bits per heavy atom. The number of aryl methyl sites for hydroxylation is 2. The number of imidazole rings is 2. The van der Waals surface area contributed by atoms with Gasteiger partial charge in [0.25, 0.3) is 11.3 Å². The summed E-state index contributed by atoms with van der Waals surface area (Å²) >= 11 is 0. The van der Waals surface area contributed by atoms with Crippen molar-refractivity contribution >= 4 is 35.5 Å². The number of rotatable bonds is 6. The molecule has 0 fully saturated rings. The van der Waals surface area contributed by atoms with Crippen LogP contribution in [0.4, 0.5) is 0 Å². The van der Waals surface area contributed by atoms with Crippen molar-refractivity contribution in [2.75, 3.05) is 0 Å². The zero-order valence-electron chi connectivity index (χ0n) is 23.0. The summed E-state index contributed by atoms with van der Waals surface area (Å²) in [6.07, 6.45) is 11.1. The second-order valence-corrected chi connectivity index (χ2v) is 9.72. The van der Waals surface area contributed by atoms with E-state index in [9.17, 15) is 9.59 Å². The SMILES string of the molecule is C[n+]1c(-c2ccc(/C=N/NC(=O)C(=O)N/N=C/c3ccc(-c4cn5ccccc5[n+]4C)cc3)cc2)cn2ccccc21. The molecule has 0 unspecified atom stereocenters. The summed E-state index contributed by atoms with van der Waals surface area (Å²) in [6.45, 7) is 0. The van der Waals surface area contributed by atoms with Crippen LogP contribution in [-0.4, -0.2) is 33.0 Å². The Kier molecular flexibility index (Phi) is 7.08. The van der Waals surface area contributed by atoms with E-state index in [1.165, 1.54) is 12.4 Å². The van der Waals surface area contributed by atoms with Crippen LogP contribution in [0.2, 0.25) is 0 Å². The molecular formula is C32H28N8O2+2. The van der Waals surface area contributed by atoms with Gasteiger partial charge in [-0.1, -0.05) is 36.4 Å².